The SMILES string of the molecule is CC(C)(C)OC(=O)N1CCC=C[C@@H]1[C@H](O)c1cc(C(F)(F)F)nc2c(C(F)(F)F)cccc12. The molecule has 11 heteroatoms. The Kier molecular flexibility index (Phi) is 6.40. The largest absolute Gasteiger partial charge is 0.444 e. The van der Waals surface area contributed by atoms with Crippen LogP contribution in [-0.2, 0) is 17.1 Å². The molecule has 2 aromatic rings. The summed E-state index contributed by atoms with van der Waals surface area (Å²) >= 11 is 0. The van der Waals surface area contributed by atoms with E-state index in [9.17, 15) is 36.2 Å². The number of aliphatic hydroxyl groups is 1. The molecular weight excluding hydrogens is 454 g/mol. The highest BCUT2D eigenvalue weighted by molar-refractivity contribution is 5.86. The van der Waals surface area contributed by atoms with Gasteiger partial charge in [0.25, 0.3) is 0 Å². The third kappa shape index (κ3) is 5.40. The number of aliphatic hydroxyl groups excluding tert-OH is 1. The maximum absolute atomic E-state index is 13.5. The van der Waals surface area contributed by atoms with Crippen LogP contribution in [0.1, 0.15) is 50.1 Å². The first kappa shape index (κ1) is 24.8. The van der Waals surface area contributed by atoms with E-state index in [-0.39, 0.29) is 11.9 Å². The number of aromatic nitrogens is 1. The lowest BCUT2D eigenvalue weighted by Crippen LogP contribution is -2.47. The van der Waals surface area contributed by atoms with E-state index in [2.05, 4.69) is 4.98 Å². The van der Waals surface area contributed by atoms with Gasteiger partial charge in [-0.1, -0.05) is 24.3 Å². The third-order valence-corrected chi connectivity index (χ3v) is 4.97. The molecule has 180 valence electrons. The molecule has 0 fully saturated rings. The molecule has 1 aromatic heterocycles. The van der Waals surface area contributed by atoms with E-state index in [1.807, 2.05) is 0 Å². The van der Waals surface area contributed by atoms with E-state index in [0.717, 1.165) is 17.0 Å². The minimum absolute atomic E-state index is 0.107. The van der Waals surface area contributed by atoms with Gasteiger partial charge in [0.2, 0.25) is 0 Å². The number of hydrogen-bond acceptors (Lipinski definition) is 4. The molecule has 0 saturated carbocycles. The number of hydrogen-bond donors (Lipinski definition) is 1. The van der Waals surface area contributed by atoms with E-state index in [1.165, 1.54) is 6.08 Å². The Labute approximate surface area is 185 Å². The highest BCUT2D eigenvalue weighted by Gasteiger charge is 2.40. The predicted octanol–water partition coefficient (Wildman–Crippen LogP) is 5.87. The van der Waals surface area contributed by atoms with Gasteiger partial charge in [0.05, 0.1) is 17.1 Å². The number of ether oxygens (including phenoxy) is 1. The quantitative estimate of drug-likeness (QED) is 0.435. The fraction of sp³-hybridized carbons (Fsp3) is 0.455. The van der Waals surface area contributed by atoms with Crippen LogP contribution in [0.15, 0.2) is 36.4 Å². The molecule has 1 aliphatic rings. The van der Waals surface area contributed by atoms with Gasteiger partial charge in [0.1, 0.15) is 17.4 Å². The highest BCUT2D eigenvalue weighted by Crippen LogP contribution is 2.40. The van der Waals surface area contributed by atoms with Crippen molar-refractivity contribution in [2.75, 3.05) is 6.54 Å². The first-order valence-corrected chi connectivity index (χ1v) is 10.0. The van der Waals surface area contributed by atoms with Gasteiger partial charge in [0, 0.05) is 11.9 Å². The molecule has 0 saturated heterocycles. The first-order chi connectivity index (χ1) is 15.1. The van der Waals surface area contributed by atoms with Gasteiger partial charge in [-0.05, 0) is 44.9 Å². The fourth-order valence-corrected chi connectivity index (χ4v) is 3.59. The van der Waals surface area contributed by atoms with Crippen molar-refractivity contribution in [2.45, 2.75) is 57.3 Å². The summed E-state index contributed by atoms with van der Waals surface area (Å²) in [6.45, 7) is 4.98. The van der Waals surface area contributed by atoms with E-state index in [0.29, 0.717) is 18.6 Å². The van der Waals surface area contributed by atoms with Crippen LogP contribution in [0.4, 0.5) is 31.1 Å². The Morgan fingerprint density at radius 1 is 1.15 bits per heavy atom. The number of para-hydroxylation sites is 1. The summed E-state index contributed by atoms with van der Waals surface area (Å²) < 4.78 is 86.3. The molecule has 0 aliphatic carbocycles. The molecule has 33 heavy (non-hydrogen) atoms. The zero-order valence-corrected chi connectivity index (χ0v) is 18.0. The zero-order chi connectivity index (χ0) is 24.8. The van der Waals surface area contributed by atoms with Crippen LogP contribution in [0.5, 0.6) is 0 Å². The fourth-order valence-electron chi connectivity index (χ4n) is 3.59. The monoisotopic (exact) mass is 476 g/mol. The Balaban J connectivity index is 2.18. The van der Waals surface area contributed by atoms with Crippen molar-refractivity contribution >= 4 is 17.0 Å². The predicted molar refractivity (Wildman–Crippen MR) is 107 cm³/mol. The molecular formula is C22H22F6N2O3. The van der Waals surface area contributed by atoms with Crippen LogP contribution >= 0.6 is 0 Å². The van der Waals surface area contributed by atoms with Crippen LogP contribution in [0.2, 0.25) is 0 Å². The number of alkyl halides is 6. The lowest BCUT2D eigenvalue weighted by atomic mass is 9.93. The number of amides is 1. The highest BCUT2D eigenvalue weighted by atomic mass is 19.4. The van der Waals surface area contributed by atoms with Gasteiger partial charge in [-0.15, -0.1) is 0 Å². The summed E-state index contributed by atoms with van der Waals surface area (Å²) in [4.78, 5) is 17.0. The zero-order valence-electron chi connectivity index (χ0n) is 18.0. The van der Waals surface area contributed by atoms with Gasteiger partial charge in [-0.2, -0.15) is 26.3 Å². The van der Waals surface area contributed by atoms with E-state index in [4.69, 9.17) is 4.74 Å². The van der Waals surface area contributed by atoms with Crippen LogP contribution in [0.3, 0.4) is 0 Å². The standard InChI is InChI=1S/C22H22F6N2O3/c1-20(2,3)33-19(32)30-10-5-4-9-15(30)18(31)13-11-16(22(26,27)28)29-17-12(13)7-6-8-14(17)21(23,24)25/h4,6-9,11,15,18,31H,5,10H2,1-3H3/t15-,18-/m1/s1. The van der Waals surface area contributed by atoms with Crippen molar-refractivity contribution in [3.63, 3.8) is 0 Å². The first-order valence-electron chi connectivity index (χ1n) is 10.0. The van der Waals surface area contributed by atoms with Crippen molar-refractivity contribution in [1.29, 1.82) is 0 Å². The molecule has 0 bridgehead atoms. The van der Waals surface area contributed by atoms with Crippen molar-refractivity contribution in [2.24, 2.45) is 0 Å². The molecule has 0 radical (unpaired) electrons. The summed E-state index contributed by atoms with van der Waals surface area (Å²) in [5, 5.41) is 10.8. The number of nitrogens with zero attached hydrogens (tertiary/aromatic N) is 2. The minimum Gasteiger partial charge on any atom is -0.444 e. The maximum atomic E-state index is 13.5. The summed E-state index contributed by atoms with van der Waals surface area (Å²) in [6.07, 6.45) is -9.15. The second-order valence-electron chi connectivity index (χ2n) is 8.62. The van der Waals surface area contributed by atoms with E-state index >= 15 is 0 Å². The lowest BCUT2D eigenvalue weighted by molar-refractivity contribution is -0.142. The number of carbonyl (C=O) groups excluding carboxylic acids is 1. The number of carbonyl (C=O) groups is 1. The van der Waals surface area contributed by atoms with Gasteiger partial charge in [-0.3, -0.25) is 4.90 Å². The van der Waals surface area contributed by atoms with Crippen molar-refractivity contribution in [1.82, 2.24) is 9.88 Å². The molecule has 0 unspecified atom stereocenters. The average Bonchev–Trinajstić information content (AvgIpc) is 2.69. The number of halogens is 6. The Hall–Kier alpha value is -2.82. The Morgan fingerprint density at radius 3 is 2.39 bits per heavy atom. The van der Waals surface area contributed by atoms with Crippen molar-refractivity contribution < 1.29 is 41.0 Å². The molecule has 3 rings (SSSR count). The van der Waals surface area contributed by atoms with Crippen LogP contribution in [0.25, 0.3) is 10.9 Å². The van der Waals surface area contributed by atoms with Crippen molar-refractivity contribution in [3.8, 4) is 0 Å². The van der Waals surface area contributed by atoms with Gasteiger partial charge in [-0.25, -0.2) is 9.78 Å². The lowest BCUT2D eigenvalue weighted by Gasteiger charge is -2.36. The van der Waals surface area contributed by atoms with Crippen molar-refractivity contribution in [3.05, 3.63) is 53.2 Å². The molecule has 5 nitrogen and oxygen atoms in total. The number of pyridine rings is 1. The smallest absolute Gasteiger partial charge is 0.433 e. The molecule has 2 atom stereocenters. The molecule has 1 N–H and O–H groups in total. The third-order valence-electron chi connectivity index (χ3n) is 4.97. The van der Waals surface area contributed by atoms with Gasteiger partial charge in [0.15, 0.2) is 0 Å². The number of fused-ring (bicyclic) bond motifs is 1. The molecule has 2 heterocycles. The van der Waals surface area contributed by atoms with Crippen LogP contribution < -0.4 is 0 Å². The second kappa shape index (κ2) is 8.51. The Bertz CT molecular complexity index is 1070. The number of rotatable bonds is 2. The average molecular weight is 476 g/mol. The molecule has 1 aromatic carbocycles. The summed E-state index contributed by atoms with van der Waals surface area (Å²) in [5.41, 5.74) is -5.17. The maximum Gasteiger partial charge on any atom is 0.433 e. The molecule has 1 aliphatic heterocycles. The summed E-state index contributed by atoms with van der Waals surface area (Å²) in [6, 6.07) is 2.16. The Morgan fingerprint density at radius 2 is 1.82 bits per heavy atom. The van der Waals surface area contributed by atoms with Crippen LogP contribution in [-0.4, -0.2) is 39.3 Å². The van der Waals surface area contributed by atoms with Crippen LogP contribution in [0, 0.1) is 0 Å². The topological polar surface area (TPSA) is 62.7 Å². The van der Waals surface area contributed by atoms with E-state index in [1.54, 1.807) is 26.8 Å². The second-order valence-corrected chi connectivity index (χ2v) is 8.62. The molecule has 1 amide bonds. The molecule has 0 spiro atoms. The summed E-state index contributed by atoms with van der Waals surface area (Å²) in [5.74, 6) is 0. The van der Waals surface area contributed by atoms with E-state index < -0.39 is 58.5 Å². The summed E-state index contributed by atoms with van der Waals surface area (Å²) in [7, 11) is 0. The minimum atomic E-state index is -5.06. The normalized spacial score (nSPS) is 18.5. The van der Waals surface area contributed by atoms with Gasteiger partial charge >= 0.3 is 18.4 Å². The van der Waals surface area contributed by atoms with Gasteiger partial charge < -0.3 is 9.84 Å². The number of benzene rings is 1.